The number of hydrogen-bond acceptors (Lipinski definition) is 4. The Morgan fingerprint density at radius 3 is 2.54 bits per heavy atom. The van der Waals surface area contributed by atoms with Crippen LogP contribution in [0, 0.1) is 0 Å². The van der Waals surface area contributed by atoms with E-state index in [1.807, 2.05) is 30.3 Å². The number of nitrogens with one attached hydrogen (secondary N) is 1. The largest absolute Gasteiger partial charge is 0.461 e. The minimum Gasteiger partial charge on any atom is -0.461 e. The molecule has 0 aliphatic heterocycles. The van der Waals surface area contributed by atoms with Crippen molar-refractivity contribution in [1.82, 2.24) is 5.32 Å². The normalized spacial score (nSPS) is 10.5. The molecule has 0 saturated heterocycles. The molecule has 0 atom stereocenters. The molecule has 0 bridgehead atoms. The molecule has 0 unspecified atom stereocenters. The Hall–Kier alpha value is -2.66. The number of benzene rings is 1. The number of rotatable bonds is 6. The van der Waals surface area contributed by atoms with Crippen molar-refractivity contribution in [3.05, 3.63) is 81.4 Å². The Morgan fingerprint density at radius 2 is 1.88 bits per heavy atom. The first kappa shape index (κ1) is 16.2. The van der Waals surface area contributed by atoms with Crippen LogP contribution in [0.2, 0.25) is 0 Å². The summed E-state index contributed by atoms with van der Waals surface area (Å²) in [5.41, 5.74) is 1.83. The fraction of sp³-hybridized carbons (Fsp3) is 0.158. The Kier molecular flexibility index (Phi) is 4.91. The van der Waals surface area contributed by atoms with Gasteiger partial charge in [-0.05, 0) is 48.4 Å². The first-order valence-corrected chi connectivity index (χ1v) is 8.53. The summed E-state index contributed by atoms with van der Waals surface area (Å²) in [4.78, 5) is 25.8. The number of furan rings is 1. The second-order valence-corrected chi connectivity index (χ2v) is 6.47. The summed E-state index contributed by atoms with van der Waals surface area (Å²) < 4.78 is 5.12. The van der Waals surface area contributed by atoms with Crippen molar-refractivity contribution < 1.29 is 14.0 Å². The van der Waals surface area contributed by atoms with E-state index in [4.69, 9.17) is 4.42 Å². The summed E-state index contributed by atoms with van der Waals surface area (Å²) in [5, 5.41) is 2.88. The van der Waals surface area contributed by atoms with E-state index in [0.717, 1.165) is 11.3 Å². The topological polar surface area (TPSA) is 59.3 Å². The zero-order valence-corrected chi connectivity index (χ0v) is 14.1. The van der Waals surface area contributed by atoms with Gasteiger partial charge < -0.3 is 9.73 Å². The van der Waals surface area contributed by atoms with Gasteiger partial charge in [-0.2, -0.15) is 0 Å². The van der Waals surface area contributed by atoms with Crippen molar-refractivity contribution in [1.29, 1.82) is 0 Å². The maximum Gasteiger partial charge on any atom is 0.251 e. The van der Waals surface area contributed by atoms with Gasteiger partial charge in [0.15, 0.2) is 5.76 Å². The minimum absolute atomic E-state index is 0.120. The summed E-state index contributed by atoms with van der Waals surface area (Å²) in [5.74, 6) is 0.0612. The summed E-state index contributed by atoms with van der Waals surface area (Å²) in [6.45, 7) is 2.47. The molecule has 0 aliphatic carbocycles. The number of carbonyl (C=O) groups excluding carboxylic acids is 2. The van der Waals surface area contributed by atoms with Gasteiger partial charge in [0, 0.05) is 10.4 Å². The maximum atomic E-state index is 12.2. The molecule has 0 aliphatic rings. The second kappa shape index (κ2) is 7.27. The van der Waals surface area contributed by atoms with Crippen molar-refractivity contribution in [2.24, 2.45) is 0 Å². The van der Waals surface area contributed by atoms with Crippen LogP contribution in [-0.2, 0) is 13.0 Å². The molecule has 0 radical (unpaired) electrons. The summed E-state index contributed by atoms with van der Waals surface area (Å²) >= 11 is 1.36. The summed E-state index contributed by atoms with van der Waals surface area (Å²) in [6, 6.07) is 14.5. The van der Waals surface area contributed by atoms with E-state index in [0.29, 0.717) is 22.7 Å². The Labute approximate surface area is 144 Å². The van der Waals surface area contributed by atoms with Crippen LogP contribution in [-0.4, -0.2) is 11.7 Å². The molecule has 4 nitrogen and oxygen atoms in total. The fourth-order valence-corrected chi connectivity index (χ4v) is 3.18. The predicted octanol–water partition coefficient (Wildman–Crippen LogP) is 4.06. The molecule has 1 amide bonds. The first-order valence-electron chi connectivity index (χ1n) is 7.71. The van der Waals surface area contributed by atoms with Gasteiger partial charge in [0.1, 0.15) is 0 Å². The highest BCUT2D eigenvalue weighted by molar-refractivity contribution is 7.14. The van der Waals surface area contributed by atoms with Crippen molar-refractivity contribution in [2.45, 2.75) is 19.9 Å². The van der Waals surface area contributed by atoms with Gasteiger partial charge in [0.2, 0.25) is 5.78 Å². The molecule has 5 heteroatoms. The third kappa shape index (κ3) is 3.63. The van der Waals surface area contributed by atoms with Crippen molar-refractivity contribution in [3.8, 4) is 0 Å². The van der Waals surface area contributed by atoms with Crippen LogP contribution in [0.1, 0.15) is 43.2 Å². The number of carbonyl (C=O) groups is 2. The lowest BCUT2D eigenvalue weighted by Gasteiger charge is -2.04. The molecule has 0 fully saturated rings. The van der Waals surface area contributed by atoms with Crippen LogP contribution in [0.15, 0.2) is 59.2 Å². The lowest BCUT2D eigenvalue weighted by atomic mass is 10.1. The SMILES string of the molecule is CCc1ccc(C(=O)NCc2ccc(C(=O)c3ccco3)s2)cc1. The molecule has 3 rings (SSSR count). The van der Waals surface area contributed by atoms with Gasteiger partial charge in [-0.3, -0.25) is 9.59 Å². The smallest absolute Gasteiger partial charge is 0.251 e. The molecule has 122 valence electrons. The Bertz CT molecular complexity index is 832. The molecular weight excluding hydrogens is 322 g/mol. The molecule has 1 N–H and O–H groups in total. The highest BCUT2D eigenvalue weighted by Crippen LogP contribution is 2.20. The number of hydrogen-bond donors (Lipinski definition) is 1. The number of ketones is 1. The molecule has 3 aromatic rings. The zero-order valence-electron chi connectivity index (χ0n) is 13.2. The molecule has 0 spiro atoms. The van der Waals surface area contributed by atoms with E-state index in [2.05, 4.69) is 12.2 Å². The lowest BCUT2D eigenvalue weighted by molar-refractivity contribution is 0.0950. The lowest BCUT2D eigenvalue weighted by Crippen LogP contribution is -2.22. The van der Waals surface area contributed by atoms with Gasteiger partial charge in [-0.1, -0.05) is 19.1 Å². The van der Waals surface area contributed by atoms with E-state index >= 15 is 0 Å². The first-order chi connectivity index (χ1) is 11.7. The van der Waals surface area contributed by atoms with Crippen LogP contribution in [0.5, 0.6) is 0 Å². The van der Waals surface area contributed by atoms with Crippen LogP contribution < -0.4 is 5.32 Å². The highest BCUT2D eigenvalue weighted by Gasteiger charge is 2.14. The third-order valence-electron chi connectivity index (χ3n) is 3.68. The van der Waals surface area contributed by atoms with Crippen LogP contribution in [0.4, 0.5) is 0 Å². The standard InChI is InChI=1S/C19H17NO3S/c1-2-13-5-7-14(8-6-13)19(22)20-12-15-9-10-17(24-15)18(21)16-4-3-11-23-16/h3-11H,2,12H2,1H3,(H,20,22). The fourth-order valence-electron chi connectivity index (χ4n) is 2.29. The van der Waals surface area contributed by atoms with Crippen molar-refractivity contribution >= 4 is 23.0 Å². The van der Waals surface area contributed by atoms with E-state index in [1.165, 1.54) is 23.2 Å². The van der Waals surface area contributed by atoms with Crippen LogP contribution >= 0.6 is 11.3 Å². The van der Waals surface area contributed by atoms with Gasteiger partial charge in [-0.15, -0.1) is 11.3 Å². The average molecular weight is 339 g/mol. The number of thiophene rings is 1. The molecule has 0 saturated carbocycles. The summed E-state index contributed by atoms with van der Waals surface area (Å²) in [6.07, 6.45) is 2.43. The second-order valence-electron chi connectivity index (χ2n) is 5.31. The molecular formula is C19H17NO3S. The van der Waals surface area contributed by atoms with E-state index in [9.17, 15) is 9.59 Å². The molecule has 24 heavy (non-hydrogen) atoms. The zero-order chi connectivity index (χ0) is 16.9. The number of aryl methyl sites for hydroxylation is 1. The quantitative estimate of drug-likeness (QED) is 0.689. The number of amides is 1. The average Bonchev–Trinajstić information content (AvgIpc) is 3.31. The van der Waals surface area contributed by atoms with E-state index in [1.54, 1.807) is 18.2 Å². The van der Waals surface area contributed by atoms with Gasteiger partial charge in [-0.25, -0.2) is 0 Å². The minimum atomic E-state index is -0.141. The van der Waals surface area contributed by atoms with Crippen molar-refractivity contribution in [2.75, 3.05) is 0 Å². The molecule has 2 aromatic heterocycles. The van der Waals surface area contributed by atoms with E-state index in [-0.39, 0.29) is 11.7 Å². The van der Waals surface area contributed by atoms with Gasteiger partial charge >= 0.3 is 0 Å². The highest BCUT2D eigenvalue weighted by atomic mass is 32.1. The Balaban J connectivity index is 1.60. The van der Waals surface area contributed by atoms with E-state index < -0.39 is 0 Å². The molecule has 1 aromatic carbocycles. The third-order valence-corrected chi connectivity index (χ3v) is 4.76. The van der Waals surface area contributed by atoms with Crippen LogP contribution in [0.3, 0.4) is 0 Å². The van der Waals surface area contributed by atoms with Gasteiger partial charge in [0.25, 0.3) is 5.91 Å². The monoisotopic (exact) mass is 339 g/mol. The van der Waals surface area contributed by atoms with Gasteiger partial charge in [0.05, 0.1) is 17.7 Å². The maximum absolute atomic E-state index is 12.2. The van der Waals surface area contributed by atoms with Crippen molar-refractivity contribution in [3.63, 3.8) is 0 Å². The Morgan fingerprint density at radius 1 is 1.08 bits per heavy atom. The summed E-state index contributed by atoms with van der Waals surface area (Å²) in [7, 11) is 0. The van der Waals surface area contributed by atoms with Crippen LogP contribution in [0.25, 0.3) is 0 Å². The molecule has 2 heterocycles. The predicted molar refractivity (Wildman–Crippen MR) is 93.4 cm³/mol.